The van der Waals surface area contributed by atoms with Crippen LogP contribution in [0.25, 0.3) is 0 Å². The maximum absolute atomic E-state index is 12.6. The molecule has 1 aromatic heterocycles. The van der Waals surface area contributed by atoms with Crippen molar-refractivity contribution in [2.75, 3.05) is 23.3 Å². The number of anilines is 2. The SMILES string of the molecule is NC(=S)c1cc(C(=O)Nc2ccc(OC(F)(F)Cl)cc2)cnc1N1CC[C@@H](O)C1. The second kappa shape index (κ2) is 8.44. The van der Waals surface area contributed by atoms with Crippen molar-refractivity contribution in [1.82, 2.24) is 4.98 Å². The number of aliphatic hydroxyl groups is 1. The van der Waals surface area contributed by atoms with Gasteiger partial charge in [0.25, 0.3) is 5.91 Å². The minimum Gasteiger partial charge on any atom is -0.420 e. The Labute approximate surface area is 175 Å². The summed E-state index contributed by atoms with van der Waals surface area (Å²) in [4.78, 5) is 18.8. The van der Waals surface area contributed by atoms with E-state index < -0.39 is 17.6 Å². The zero-order valence-corrected chi connectivity index (χ0v) is 16.5. The van der Waals surface area contributed by atoms with Crippen LogP contribution in [0.5, 0.6) is 5.75 Å². The van der Waals surface area contributed by atoms with Crippen molar-refractivity contribution in [3.05, 3.63) is 47.7 Å². The van der Waals surface area contributed by atoms with Gasteiger partial charge in [-0.2, -0.15) is 0 Å². The number of hydrogen-bond donors (Lipinski definition) is 3. The molecule has 4 N–H and O–H groups in total. The van der Waals surface area contributed by atoms with Gasteiger partial charge in [-0.15, -0.1) is 8.78 Å². The van der Waals surface area contributed by atoms with Gasteiger partial charge in [0.05, 0.1) is 17.2 Å². The van der Waals surface area contributed by atoms with E-state index in [1.54, 1.807) is 0 Å². The van der Waals surface area contributed by atoms with Crippen LogP contribution in [0, 0.1) is 0 Å². The molecule has 154 valence electrons. The third kappa shape index (κ3) is 5.49. The smallest absolute Gasteiger partial charge is 0.420 e. The number of nitrogens with one attached hydrogen (secondary N) is 1. The third-order valence-corrected chi connectivity index (χ3v) is 4.50. The number of hydrogen-bond acceptors (Lipinski definition) is 6. The van der Waals surface area contributed by atoms with E-state index in [4.69, 9.17) is 29.6 Å². The van der Waals surface area contributed by atoms with Gasteiger partial charge < -0.3 is 25.8 Å². The van der Waals surface area contributed by atoms with Crippen LogP contribution in [0.3, 0.4) is 0 Å². The van der Waals surface area contributed by atoms with Gasteiger partial charge in [-0.25, -0.2) is 4.98 Å². The van der Waals surface area contributed by atoms with Gasteiger partial charge in [0.1, 0.15) is 16.6 Å². The zero-order chi connectivity index (χ0) is 21.2. The highest BCUT2D eigenvalue weighted by molar-refractivity contribution is 7.80. The Balaban J connectivity index is 1.75. The van der Waals surface area contributed by atoms with Gasteiger partial charge in [0.2, 0.25) is 0 Å². The standard InChI is InChI=1S/C18H17ClF2N4O3S/c19-18(20,21)28-13-3-1-11(2-4-13)24-17(27)10-7-14(15(22)29)16(23-8-10)25-6-5-12(26)9-25/h1-4,7-8,12,26H,5-6,9H2,(H2,22,29)(H,24,27)/t12-/m1/s1. The Kier molecular flexibility index (Phi) is 6.15. The molecular formula is C18H17ClF2N4O3S. The number of amides is 1. The van der Waals surface area contributed by atoms with Crippen LogP contribution in [0.1, 0.15) is 22.3 Å². The Hall–Kier alpha value is -2.56. The number of carbonyl (C=O) groups excluding carboxylic acids is 1. The minimum absolute atomic E-state index is 0.0760. The fraction of sp³-hybridized carbons (Fsp3) is 0.278. The molecule has 11 heteroatoms. The molecule has 1 aromatic carbocycles. The molecular weight excluding hydrogens is 426 g/mol. The molecule has 3 rings (SSSR count). The second-order valence-corrected chi connectivity index (χ2v) is 7.25. The molecule has 1 fully saturated rings. The lowest BCUT2D eigenvalue weighted by Crippen LogP contribution is -2.26. The number of carbonyl (C=O) groups is 1. The van der Waals surface area contributed by atoms with E-state index >= 15 is 0 Å². The molecule has 0 saturated carbocycles. The first-order valence-electron chi connectivity index (χ1n) is 8.52. The first-order chi connectivity index (χ1) is 13.6. The average molecular weight is 443 g/mol. The van der Waals surface area contributed by atoms with Gasteiger partial charge >= 0.3 is 5.57 Å². The van der Waals surface area contributed by atoms with Crippen LogP contribution in [-0.2, 0) is 0 Å². The van der Waals surface area contributed by atoms with E-state index in [0.717, 1.165) is 0 Å². The zero-order valence-electron chi connectivity index (χ0n) is 14.9. The molecule has 0 aliphatic carbocycles. The monoisotopic (exact) mass is 442 g/mol. The third-order valence-electron chi connectivity index (χ3n) is 4.20. The van der Waals surface area contributed by atoms with Crippen molar-refractivity contribution in [3.63, 3.8) is 0 Å². The summed E-state index contributed by atoms with van der Waals surface area (Å²) >= 11 is 9.79. The first kappa shape index (κ1) is 21.2. The van der Waals surface area contributed by atoms with Gasteiger partial charge in [-0.05, 0) is 36.8 Å². The fourth-order valence-electron chi connectivity index (χ4n) is 2.89. The van der Waals surface area contributed by atoms with E-state index in [1.165, 1.54) is 36.5 Å². The molecule has 1 saturated heterocycles. The Morgan fingerprint density at radius 2 is 2.10 bits per heavy atom. The number of rotatable bonds is 6. The summed E-state index contributed by atoms with van der Waals surface area (Å²) in [5, 5.41) is 12.3. The van der Waals surface area contributed by atoms with E-state index in [9.17, 15) is 18.7 Å². The Bertz CT molecular complexity index is 924. The van der Waals surface area contributed by atoms with Gasteiger partial charge in [-0.3, -0.25) is 4.79 Å². The highest BCUT2D eigenvalue weighted by atomic mass is 35.5. The molecule has 0 radical (unpaired) electrons. The maximum Gasteiger partial charge on any atom is 0.487 e. The van der Waals surface area contributed by atoms with Crippen LogP contribution >= 0.6 is 23.8 Å². The normalized spacial score (nSPS) is 16.6. The minimum atomic E-state index is -3.82. The fourth-order valence-corrected chi connectivity index (χ4v) is 3.13. The van der Waals surface area contributed by atoms with Gasteiger partial charge in [-0.1, -0.05) is 12.2 Å². The number of ether oxygens (including phenoxy) is 1. The number of halogens is 3. The van der Waals surface area contributed by atoms with Crippen LogP contribution in [0.4, 0.5) is 20.3 Å². The molecule has 7 nitrogen and oxygen atoms in total. The number of nitrogens with zero attached hydrogens (tertiary/aromatic N) is 2. The molecule has 2 aromatic rings. The molecule has 29 heavy (non-hydrogen) atoms. The lowest BCUT2D eigenvalue weighted by atomic mass is 10.1. The van der Waals surface area contributed by atoms with Gasteiger partial charge in [0.15, 0.2) is 0 Å². The summed E-state index contributed by atoms with van der Waals surface area (Å²) in [6.45, 7) is 1.01. The Morgan fingerprint density at radius 1 is 1.41 bits per heavy atom. The predicted molar refractivity (Wildman–Crippen MR) is 109 cm³/mol. The number of aromatic nitrogens is 1. The second-order valence-electron chi connectivity index (χ2n) is 6.37. The number of alkyl halides is 3. The van der Waals surface area contributed by atoms with Crippen molar-refractivity contribution >= 4 is 46.2 Å². The summed E-state index contributed by atoms with van der Waals surface area (Å²) < 4.78 is 29.5. The summed E-state index contributed by atoms with van der Waals surface area (Å²) in [7, 11) is 0. The Morgan fingerprint density at radius 3 is 2.66 bits per heavy atom. The lowest BCUT2D eigenvalue weighted by Gasteiger charge is -2.20. The van der Waals surface area contributed by atoms with Crippen LogP contribution < -0.4 is 20.7 Å². The highest BCUT2D eigenvalue weighted by Gasteiger charge is 2.27. The lowest BCUT2D eigenvalue weighted by molar-refractivity contribution is -0.0964. The summed E-state index contributed by atoms with van der Waals surface area (Å²) in [6.07, 6.45) is 1.53. The van der Waals surface area contributed by atoms with E-state index in [0.29, 0.717) is 36.6 Å². The molecule has 1 amide bonds. The van der Waals surface area contributed by atoms with E-state index in [2.05, 4.69) is 15.0 Å². The van der Waals surface area contributed by atoms with E-state index in [1.807, 2.05) is 4.90 Å². The van der Waals surface area contributed by atoms with Crippen LogP contribution in [-0.4, -0.2) is 45.7 Å². The highest BCUT2D eigenvalue weighted by Crippen LogP contribution is 2.27. The molecule has 0 unspecified atom stereocenters. The van der Waals surface area contributed by atoms with Crippen molar-refractivity contribution in [2.24, 2.45) is 5.73 Å². The summed E-state index contributed by atoms with van der Waals surface area (Å²) in [6, 6.07) is 6.78. The van der Waals surface area contributed by atoms with Crippen molar-refractivity contribution in [2.45, 2.75) is 18.1 Å². The summed E-state index contributed by atoms with van der Waals surface area (Å²) in [5.74, 6) is -0.133. The number of pyridine rings is 1. The average Bonchev–Trinajstić information content (AvgIpc) is 3.07. The molecule has 1 aliphatic rings. The van der Waals surface area contributed by atoms with Gasteiger partial charge in [0, 0.05) is 36.6 Å². The van der Waals surface area contributed by atoms with Crippen LogP contribution in [0.2, 0.25) is 0 Å². The molecule has 1 atom stereocenters. The predicted octanol–water partition coefficient (Wildman–Crippen LogP) is 2.71. The molecule has 0 spiro atoms. The molecule has 0 bridgehead atoms. The number of β-amino-alcohol motifs (C(OH)–C–C–N with tert-alkyl or cyclic N) is 1. The number of benzene rings is 1. The van der Waals surface area contributed by atoms with Crippen molar-refractivity contribution in [1.29, 1.82) is 0 Å². The maximum atomic E-state index is 12.6. The molecule has 2 heterocycles. The quantitative estimate of drug-likeness (QED) is 0.467. The summed E-state index contributed by atoms with van der Waals surface area (Å²) in [5.41, 5.74) is 2.96. The topological polar surface area (TPSA) is 101 Å². The van der Waals surface area contributed by atoms with Crippen molar-refractivity contribution < 1.29 is 23.4 Å². The number of thiocarbonyl (C=S) groups is 1. The van der Waals surface area contributed by atoms with Crippen molar-refractivity contribution in [3.8, 4) is 5.75 Å². The largest absolute Gasteiger partial charge is 0.487 e. The first-order valence-corrected chi connectivity index (χ1v) is 9.31. The molecule has 1 aliphatic heterocycles. The van der Waals surface area contributed by atoms with E-state index in [-0.39, 0.29) is 16.3 Å². The number of nitrogens with two attached hydrogens (primary N) is 1. The number of aliphatic hydroxyl groups excluding tert-OH is 1. The van der Waals surface area contributed by atoms with Crippen LogP contribution in [0.15, 0.2) is 36.5 Å².